The Morgan fingerprint density at radius 2 is 2.09 bits per heavy atom. The lowest BCUT2D eigenvalue weighted by Gasteiger charge is -2.25. The predicted octanol–water partition coefficient (Wildman–Crippen LogP) is 0.488. The topological polar surface area (TPSA) is 110 Å². The van der Waals surface area contributed by atoms with Crippen molar-refractivity contribution in [2.75, 3.05) is 25.5 Å². The molecule has 1 amide bonds. The largest absolute Gasteiger partial charge is 0.383 e. The minimum absolute atomic E-state index is 0.175. The number of amides is 1. The fraction of sp³-hybridized carbons (Fsp3) is 0.375. The third-order valence-corrected chi connectivity index (χ3v) is 3.45. The normalized spacial score (nSPS) is 11.4. The van der Waals surface area contributed by atoms with E-state index in [1.54, 1.807) is 12.1 Å². The van der Waals surface area contributed by atoms with Gasteiger partial charge in [0, 0.05) is 37.8 Å². The maximum atomic E-state index is 12.7. The fourth-order valence-electron chi connectivity index (χ4n) is 2.18. The van der Waals surface area contributed by atoms with Gasteiger partial charge in [-0.25, -0.2) is 0 Å². The van der Waals surface area contributed by atoms with Crippen molar-refractivity contribution in [1.29, 1.82) is 0 Å². The van der Waals surface area contributed by atoms with Gasteiger partial charge in [0.25, 0.3) is 5.91 Å². The van der Waals surface area contributed by atoms with Gasteiger partial charge in [-0.3, -0.25) is 9.59 Å². The number of anilines is 1. The van der Waals surface area contributed by atoms with E-state index in [4.69, 9.17) is 5.73 Å². The summed E-state index contributed by atoms with van der Waals surface area (Å²) in [6, 6.07) is 4.13. The summed E-state index contributed by atoms with van der Waals surface area (Å²) < 4.78 is 0. The van der Waals surface area contributed by atoms with Gasteiger partial charge in [-0.05, 0) is 12.5 Å². The third-order valence-electron chi connectivity index (χ3n) is 3.45. The number of rotatable bonds is 10. The van der Waals surface area contributed by atoms with Crippen molar-refractivity contribution >= 4 is 30.5 Å². The van der Waals surface area contributed by atoms with Gasteiger partial charge in [0.2, 0.25) is 0 Å². The first-order valence-corrected chi connectivity index (χ1v) is 7.28. The standard InChI is InChI=1S/C16H21N3O4/c1-19(13(11-22)5-3-9-20)16(23)15-12(10-21)4-2-6-14(15)18-8-7-17/h2,4,6,9-11,13,18H,3,5,7-8,17H2,1H3. The van der Waals surface area contributed by atoms with E-state index >= 15 is 0 Å². The molecule has 124 valence electrons. The molecule has 7 heteroatoms. The van der Waals surface area contributed by atoms with Gasteiger partial charge < -0.3 is 25.5 Å². The molecule has 1 aromatic carbocycles. The lowest BCUT2D eigenvalue weighted by molar-refractivity contribution is -0.112. The van der Waals surface area contributed by atoms with Crippen molar-refractivity contribution in [2.24, 2.45) is 5.73 Å². The van der Waals surface area contributed by atoms with E-state index in [1.807, 2.05) is 0 Å². The molecule has 1 rings (SSSR count). The molecule has 1 aromatic rings. The summed E-state index contributed by atoms with van der Waals surface area (Å²) in [6.07, 6.45) is 2.33. The van der Waals surface area contributed by atoms with Gasteiger partial charge in [-0.1, -0.05) is 12.1 Å². The number of aldehydes is 3. The summed E-state index contributed by atoms with van der Waals surface area (Å²) in [4.78, 5) is 46.9. The van der Waals surface area contributed by atoms with Gasteiger partial charge in [0.05, 0.1) is 11.6 Å². The van der Waals surface area contributed by atoms with Gasteiger partial charge in [0.15, 0.2) is 6.29 Å². The van der Waals surface area contributed by atoms with Crippen LogP contribution in [0.25, 0.3) is 0 Å². The van der Waals surface area contributed by atoms with Gasteiger partial charge >= 0.3 is 0 Å². The highest BCUT2D eigenvalue weighted by molar-refractivity contribution is 6.06. The average molecular weight is 319 g/mol. The Balaban J connectivity index is 3.15. The summed E-state index contributed by atoms with van der Waals surface area (Å²) in [6.45, 7) is 0.805. The monoisotopic (exact) mass is 319 g/mol. The summed E-state index contributed by atoms with van der Waals surface area (Å²) in [5.41, 5.74) is 6.35. The zero-order valence-electron chi connectivity index (χ0n) is 13.0. The molecule has 0 spiro atoms. The lowest BCUT2D eigenvalue weighted by Crippen LogP contribution is -2.39. The molecule has 0 bridgehead atoms. The summed E-state index contributed by atoms with van der Waals surface area (Å²) >= 11 is 0. The number of nitrogens with two attached hydrogens (primary N) is 1. The Hall–Kier alpha value is -2.54. The second-order valence-corrected chi connectivity index (χ2v) is 4.97. The van der Waals surface area contributed by atoms with Crippen LogP contribution >= 0.6 is 0 Å². The van der Waals surface area contributed by atoms with E-state index in [0.29, 0.717) is 37.6 Å². The predicted molar refractivity (Wildman–Crippen MR) is 86.6 cm³/mol. The van der Waals surface area contributed by atoms with Crippen molar-refractivity contribution < 1.29 is 19.2 Å². The Morgan fingerprint density at radius 3 is 2.65 bits per heavy atom. The molecule has 1 unspecified atom stereocenters. The van der Waals surface area contributed by atoms with E-state index in [9.17, 15) is 19.2 Å². The highest BCUT2D eigenvalue weighted by atomic mass is 16.2. The van der Waals surface area contributed by atoms with E-state index in [2.05, 4.69) is 5.32 Å². The van der Waals surface area contributed by atoms with Crippen molar-refractivity contribution in [3.63, 3.8) is 0 Å². The quantitative estimate of drug-likeness (QED) is 0.607. The number of nitrogens with zero attached hydrogens (tertiary/aromatic N) is 1. The Morgan fingerprint density at radius 1 is 1.35 bits per heavy atom. The molecule has 1 atom stereocenters. The lowest BCUT2D eigenvalue weighted by atomic mass is 10.0. The first kappa shape index (κ1) is 18.5. The first-order valence-electron chi connectivity index (χ1n) is 7.28. The number of likely N-dealkylation sites (N-methyl/N-ethyl adjacent to an activating group) is 1. The molecule has 23 heavy (non-hydrogen) atoms. The smallest absolute Gasteiger partial charge is 0.257 e. The summed E-state index contributed by atoms with van der Waals surface area (Å²) in [5.74, 6) is -0.463. The number of nitrogens with one attached hydrogen (secondary N) is 1. The molecule has 0 aliphatic rings. The van der Waals surface area contributed by atoms with Crippen LogP contribution in [-0.4, -0.2) is 55.8 Å². The number of hydrogen-bond acceptors (Lipinski definition) is 6. The van der Waals surface area contributed by atoms with E-state index in [1.165, 1.54) is 18.0 Å². The summed E-state index contributed by atoms with van der Waals surface area (Å²) in [7, 11) is 1.47. The van der Waals surface area contributed by atoms with Gasteiger partial charge in [-0.2, -0.15) is 0 Å². The number of carbonyl (C=O) groups excluding carboxylic acids is 4. The van der Waals surface area contributed by atoms with Crippen LogP contribution in [0.1, 0.15) is 33.6 Å². The van der Waals surface area contributed by atoms with Gasteiger partial charge in [0.1, 0.15) is 12.6 Å². The average Bonchev–Trinajstić information content (AvgIpc) is 2.59. The van der Waals surface area contributed by atoms with E-state index in [-0.39, 0.29) is 24.0 Å². The Bertz CT molecular complexity index is 574. The van der Waals surface area contributed by atoms with E-state index in [0.717, 1.165) is 0 Å². The molecule has 0 aromatic heterocycles. The van der Waals surface area contributed by atoms with Crippen molar-refractivity contribution in [1.82, 2.24) is 4.90 Å². The second kappa shape index (κ2) is 9.47. The summed E-state index contributed by atoms with van der Waals surface area (Å²) in [5, 5.41) is 3.00. The van der Waals surface area contributed by atoms with Crippen LogP contribution in [0.2, 0.25) is 0 Å². The number of hydrogen-bond donors (Lipinski definition) is 2. The molecule has 3 N–H and O–H groups in total. The van der Waals surface area contributed by atoms with Crippen LogP contribution in [0.15, 0.2) is 18.2 Å². The van der Waals surface area contributed by atoms with E-state index < -0.39 is 11.9 Å². The SMILES string of the molecule is CN(C(=O)c1c(C=O)cccc1NCCN)C(C=O)CCC=O. The Kier molecular flexibility index (Phi) is 7.62. The van der Waals surface area contributed by atoms with Crippen molar-refractivity contribution in [2.45, 2.75) is 18.9 Å². The Labute approximate surface area is 134 Å². The molecular formula is C16H21N3O4. The first-order chi connectivity index (χ1) is 11.1. The maximum Gasteiger partial charge on any atom is 0.257 e. The van der Waals surface area contributed by atoms with Crippen LogP contribution in [0, 0.1) is 0 Å². The molecule has 0 aliphatic heterocycles. The zero-order valence-corrected chi connectivity index (χ0v) is 13.0. The molecule has 0 heterocycles. The van der Waals surface area contributed by atoms with Crippen molar-refractivity contribution in [3.05, 3.63) is 29.3 Å². The minimum atomic E-state index is -0.727. The van der Waals surface area contributed by atoms with Crippen LogP contribution in [0.4, 0.5) is 5.69 Å². The molecule has 0 fully saturated rings. The maximum absolute atomic E-state index is 12.7. The highest BCUT2D eigenvalue weighted by Crippen LogP contribution is 2.22. The molecule has 7 nitrogen and oxygen atoms in total. The van der Waals surface area contributed by atoms with Crippen LogP contribution in [0.5, 0.6) is 0 Å². The molecular weight excluding hydrogens is 298 g/mol. The third kappa shape index (κ3) is 4.72. The van der Waals surface area contributed by atoms with Crippen LogP contribution < -0.4 is 11.1 Å². The zero-order chi connectivity index (χ0) is 17.2. The molecule has 0 saturated carbocycles. The number of benzene rings is 1. The molecule has 0 radical (unpaired) electrons. The van der Waals surface area contributed by atoms with Crippen LogP contribution in [0.3, 0.4) is 0 Å². The highest BCUT2D eigenvalue weighted by Gasteiger charge is 2.24. The molecule has 0 saturated heterocycles. The second-order valence-electron chi connectivity index (χ2n) is 4.97. The molecule has 0 aliphatic carbocycles. The fourth-order valence-corrected chi connectivity index (χ4v) is 2.18. The van der Waals surface area contributed by atoms with Crippen molar-refractivity contribution in [3.8, 4) is 0 Å². The van der Waals surface area contributed by atoms with Crippen LogP contribution in [-0.2, 0) is 9.59 Å². The number of carbonyl (C=O) groups is 4. The van der Waals surface area contributed by atoms with Gasteiger partial charge in [-0.15, -0.1) is 0 Å². The minimum Gasteiger partial charge on any atom is -0.383 e.